The van der Waals surface area contributed by atoms with E-state index in [1.165, 1.54) is 4.90 Å². The maximum Gasteiger partial charge on any atom is 0.329 e. The fourth-order valence-electron chi connectivity index (χ4n) is 2.06. The Balaban J connectivity index is 2.88. The molecule has 0 bridgehead atoms. The van der Waals surface area contributed by atoms with Crippen LogP contribution in [-0.2, 0) is 9.59 Å². The van der Waals surface area contributed by atoms with E-state index in [0.717, 1.165) is 12.8 Å². The van der Waals surface area contributed by atoms with Crippen LogP contribution in [0.25, 0.3) is 0 Å². The molecule has 0 aliphatic heterocycles. The molecule has 1 N–H and O–H groups in total. The van der Waals surface area contributed by atoms with Crippen LogP contribution in [0.5, 0.6) is 0 Å². The quantitative estimate of drug-likeness (QED) is 0.661. The standard InChI is InChI=1S/C9H15NO3/c1-2-10(7-11)9(8(12)13)5-3-4-6-9/h7H,2-6H2,1H3,(H,12,13). The number of hydrogen-bond acceptors (Lipinski definition) is 2. The number of carbonyl (C=O) groups excluding carboxylic acids is 1. The summed E-state index contributed by atoms with van der Waals surface area (Å²) >= 11 is 0. The average Bonchev–Trinajstić information content (AvgIpc) is 2.56. The van der Waals surface area contributed by atoms with E-state index in [1.807, 2.05) is 0 Å². The number of likely N-dealkylation sites (N-methyl/N-ethyl adjacent to an activating group) is 1. The zero-order chi connectivity index (χ0) is 9.90. The normalized spacial score (nSPS) is 19.8. The van der Waals surface area contributed by atoms with Gasteiger partial charge in [-0.25, -0.2) is 4.79 Å². The van der Waals surface area contributed by atoms with Gasteiger partial charge in [0.1, 0.15) is 5.54 Å². The molecule has 1 saturated carbocycles. The van der Waals surface area contributed by atoms with Crippen molar-refractivity contribution in [1.29, 1.82) is 0 Å². The molecule has 4 heteroatoms. The van der Waals surface area contributed by atoms with Crippen molar-refractivity contribution in [2.75, 3.05) is 6.54 Å². The highest BCUT2D eigenvalue weighted by Crippen LogP contribution is 2.34. The Morgan fingerprint density at radius 3 is 2.38 bits per heavy atom. The molecule has 1 rings (SSSR count). The lowest BCUT2D eigenvalue weighted by Gasteiger charge is -2.33. The van der Waals surface area contributed by atoms with Crippen molar-refractivity contribution in [2.45, 2.75) is 38.1 Å². The van der Waals surface area contributed by atoms with Gasteiger partial charge < -0.3 is 10.0 Å². The van der Waals surface area contributed by atoms with E-state index < -0.39 is 11.5 Å². The summed E-state index contributed by atoms with van der Waals surface area (Å²) in [4.78, 5) is 23.2. The third-order valence-electron chi connectivity index (χ3n) is 2.85. The van der Waals surface area contributed by atoms with Crippen molar-refractivity contribution in [1.82, 2.24) is 4.90 Å². The number of rotatable bonds is 4. The van der Waals surface area contributed by atoms with Crippen LogP contribution in [0.15, 0.2) is 0 Å². The number of aliphatic carboxylic acids is 1. The topological polar surface area (TPSA) is 57.6 Å². The lowest BCUT2D eigenvalue weighted by atomic mass is 9.96. The number of carboxylic acid groups (broad SMARTS) is 1. The van der Waals surface area contributed by atoms with Gasteiger partial charge in [0.05, 0.1) is 0 Å². The lowest BCUT2D eigenvalue weighted by molar-refractivity contribution is -0.154. The van der Waals surface area contributed by atoms with Crippen LogP contribution in [0.1, 0.15) is 32.6 Å². The van der Waals surface area contributed by atoms with Crippen molar-refractivity contribution < 1.29 is 14.7 Å². The average molecular weight is 185 g/mol. The minimum absolute atomic E-state index is 0.468. The largest absolute Gasteiger partial charge is 0.479 e. The molecule has 0 aromatic heterocycles. The highest BCUT2D eigenvalue weighted by atomic mass is 16.4. The van der Waals surface area contributed by atoms with Crippen LogP contribution in [0.2, 0.25) is 0 Å². The zero-order valence-corrected chi connectivity index (χ0v) is 7.82. The molecule has 1 aliphatic rings. The van der Waals surface area contributed by atoms with Gasteiger partial charge in [0.15, 0.2) is 0 Å². The first kappa shape index (κ1) is 10.0. The van der Waals surface area contributed by atoms with E-state index in [1.54, 1.807) is 6.92 Å². The molecular formula is C9H15NO3. The number of nitrogens with zero attached hydrogens (tertiary/aromatic N) is 1. The SMILES string of the molecule is CCN(C=O)C1(C(=O)O)CCCC1. The lowest BCUT2D eigenvalue weighted by Crippen LogP contribution is -2.52. The van der Waals surface area contributed by atoms with Gasteiger partial charge in [0, 0.05) is 6.54 Å². The van der Waals surface area contributed by atoms with Gasteiger partial charge in [-0.05, 0) is 19.8 Å². The van der Waals surface area contributed by atoms with Crippen molar-refractivity contribution in [3.63, 3.8) is 0 Å². The third kappa shape index (κ3) is 1.53. The van der Waals surface area contributed by atoms with Gasteiger partial charge in [-0.1, -0.05) is 12.8 Å². The van der Waals surface area contributed by atoms with Gasteiger partial charge in [0.2, 0.25) is 6.41 Å². The van der Waals surface area contributed by atoms with E-state index in [-0.39, 0.29) is 0 Å². The second kappa shape index (κ2) is 3.77. The Kier molecular flexibility index (Phi) is 2.90. The summed E-state index contributed by atoms with van der Waals surface area (Å²) in [5.41, 5.74) is -0.906. The smallest absolute Gasteiger partial charge is 0.329 e. The van der Waals surface area contributed by atoms with Crippen LogP contribution in [0.3, 0.4) is 0 Å². The Bertz CT molecular complexity index is 209. The van der Waals surface area contributed by atoms with Gasteiger partial charge in [-0.3, -0.25) is 4.79 Å². The monoisotopic (exact) mass is 185 g/mol. The van der Waals surface area contributed by atoms with E-state index in [0.29, 0.717) is 25.8 Å². The Morgan fingerprint density at radius 1 is 1.54 bits per heavy atom. The number of carbonyl (C=O) groups is 2. The molecule has 1 amide bonds. The van der Waals surface area contributed by atoms with Crippen molar-refractivity contribution in [3.05, 3.63) is 0 Å². The minimum Gasteiger partial charge on any atom is -0.479 e. The Morgan fingerprint density at radius 2 is 2.08 bits per heavy atom. The van der Waals surface area contributed by atoms with Crippen LogP contribution in [-0.4, -0.2) is 34.5 Å². The molecule has 0 aromatic rings. The van der Waals surface area contributed by atoms with Gasteiger partial charge in [0.25, 0.3) is 0 Å². The van der Waals surface area contributed by atoms with Crippen LogP contribution in [0, 0.1) is 0 Å². The fraction of sp³-hybridized carbons (Fsp3) is 0.778. The molecule has 0 atom stereocenters. The number of carboxylic acids is 1. The molecule has 74 valence electrons. The Labute approximate surface area is 77.5 Å². The second-order valence-corrected chi connectivity index (χ2v) is 3.44. The minimum atomic E-state index is -0.906. The van der Waals surface area contributed by atoms with Crippen molar-refractivity contribution in [3.8, 4) is 0 Å². The maximum absolute atomic E-state index is 11.1. The summed E-state index contributed by atoms with van der Waals surface area (Å²) in [5, 5.41) is 9.10. The molecule has 0 spiro atoms. The molecule has 1 fully saturated rings. The fourth-order valence-corrected chi connectivity index (χ4v) is 2.06. The first-order chi connectivity index (χ1) is 6.17. The zero-order valence-electron chi connectivity index (χ0n) is 7.82. The van der Waals surface area contributed by atoms with Gasteiger partial charge in [-0.15, -0.1) is 0 Å². The van der Waals surface area contributed by atoms with Crippen molar-refractivity contribution >= 4 is 12.4 Å². The summed E-state index contributed by atoms with van der Waals surface area (Å²) in [6, 6.07) is 0. The first-order valence-electron chi connectivity index (χ1n) is 4.63. The Hall–Kier alpha value is -1.06. The van der Waals surface area contributed by atoms with Crippen LogP contribution in [0.4, 0.5) is 0 Å². The van der Waals surface area contributed by atoms with E-state index >= 15 is 0 Å². The number of amides is 1. The van der Waals surface area contributed by atoms with E-state index in [4.69, 9.17) is 5.11 Å². The van der Waals surface area contributed by atoms with Crippen molar-refractivity contribution in [2.24, 2.45) is 0 Å². The van der Waals surface area contributed by atoms with Crippen LogP contribution >= 0.6 is 0 Å². The maximum atomic E-state index is 11.1. The second-order valence-electron chi connectivity index (χ2n) is 3.44. The summed E-state index contributed by atoms with van der Waals surface area (Å²) in [6.45, 7) is 2.27. The molecule has 0 radical (unpaired) electrons. The predicted octanol–water partition coefficient (Wildman–Crippen LogP) is 0.862. The van der Waals surface area contributed by atoms with E-state index in [9.17, 15) is 9.59 Å². The molecular weight excluding hydrogens is 170 g/mol. The first-order valence-corrected chi connectivity index (χ1v) is 4.63. The summed E-state index contributed by atoms with van der Waals surface area (Å²) in [5.74, 6) is -0.862. The van der Waals surface area contributed by atoms with E-state index in [2.05, 4.69) is 0 Å². The third-order valence-corrected chi connectivity index (χ3v) is 2.85. The predicted molar refractivity (Wildman–Crippen MR) is 47.3 cm³/mol. The van der Waals surface area contributed by atoms with Crippen LogP contribution < -0.4 is 0 Å². The summed E-state index contributed by atoms with van der Waals surface area (Å²) < 4.78 is 0. The van der Waals surface area contributed by atoms with Gasteiger partial charge >= 0.3 is 5.97 Å². The molecule has 1 aliphatic carbocycles. The molecule has 13 heavy (non-hydrogen) atoms. The molecule has 0 heterocycles. The molecule has 0 unspecified atom stereocenters. The molecule has 4 nitrogen and oxygen atoms in total. The summed E-state index contributed by atoms with van der Waals surface area (Å²) in [7, 11) is 0. The highest BCUT2D eigenvalue weighted by molar-refractivity contribution is 5.81. The van der Waals surface area contributed by atoms with Gasteiger partial charge in [-0.2, -0.15) is 0 Å². The highest BCUT2D eigenvalue weighted by Gasteiger charge is 2.45. The molecule has 0 saturated heterocycles. The molecule has 0 aromatic carbocycles. The summed E-state index contributed by atoms with van der Waals surface area (Å²) in [6.07, 6.45) is 3.64. The number of hydrogen-bond donors (Lipinski definition) is 1.